The monoisotopic (exact) mass is 308 g/mol. The maximum atomic E-state index is 12.5. The highest BCUT2D eigenvalue weighted by molar-refractivity contribution is 6.00. The number of hydrogen-bond donors (Lipinski definition) is 1. The fourth-order valence-corrected chi connectivity index (χ4v) is 2.30. The quantitative estimate of drug-likeness (QED) is 0.783. The van der Waals surface area contributed by atoms with Crippen LogP contribution in [0.15, 0.2) is 53.6 Å². The Bertz CT molecular complexity index is 785. The highest BCUT2D eigenvalue weighted by Crippen LogP contribution is 2.25. The zero-order chi connectivity index (χ0) is 16.1. The molecule has 0 spiro atoms. The molecular weight excluding hydrogens is 292 g/mol. The van der Waals surface area contributed by atoms with Crippen LogP contribution in [0, 0.1) is 6.92 Å². The molecule has 116 valence electrons. The number of aryl methyl sites for hydroxylation is 1. The Morgan fingerprint density at radius 1 is 1.09 bits per heavy atom. The van der Waals surface area contributed by atoms with Crippen LogP contribution in [0.1, 0.15) is 21.6 Å². The molecule has 0 aliphatic carbocycles. The summed E-state index contributed by atoms with van der Waals surface area (Å²) < 4.78 is 5.32. The van der Waals surface area contributed by atoms with E-state index in [-0.39, 0.29) is 5.91 Å². The number of nitrogens with zero attached hydrogens (tertiary/aromatic N) is 3. The lowest BCUT2D eigenvalue weighted by Crippen LogP contribution is -2.26. The highest BCUT2D eigenvalue weighted by atomic mass is 16.5. The maximum Gasteiger partial charge on any atom is 0.257 e. The molecule has 3 heterocycles. The summed E-state index contributed by atoms with van der Waals surface area (Å²) in [6, 6.07) is 7.43. The fourth-order valence-electron chi connectivity index (χ4n) is 2.30. The van der Waals surface area contributed by atoms with Crippen molar-refractivity contribution in [1.29, 1.82) is 0 Å². The Labute approximate surface area is 133 Å². The first-order valence-electron chi connectivity index (χ1n) is 7.29. The first-order valence-corrected chi connectivity index (χ1v) is 7.29. The Hall–Kier alpha value is -3.02. The van der Waals surface area contributed by atoms with Crippen molar-refractivity contribution < 1.29 is 9.32 Å². The van der Waals surface area contributed by atoms with Crippen LogP contribution in [0.4, 0.5) is 0 Å². The average molecular weight is 308 g/mol. The van der Waals surface area contributed by atoms with Gasteiger partial charge in [-0.2, -0.15) is 0 Å². The van der Waals surface area contributed by atoms with Crippen molar-refractivity contribution in [3.63, 3.8) is 0 Å². The Kier molecular flexibility index (Phi) is 4.42. The molecule has 0 atom stereocenters. The summed E-state index contributed by atoms with van der Waals surface area (Å²) in [5.74, 6) is 0.274. The molecule has 6 heteroatoms. The van der Waals surface area contributed by atoms with Crippen LogP contribution in [-0.4, -0.2) is 27.6 Å². The number of carbonyl (C=O) groups is 1. The van der Waals surface area contributed by atoms with Gasteiger partial charge in [0.2, 0.25) is 0 Å². The molecule has 0 aliphatic rings. The van der Waals surface area contributed by atoms with Crippen molar-refractivity contribution in [2.45, 2.75) is 13.3 Å². The third kappa shape index (κ3) is 3.42. The standard InChI is InChI=1S/C17H16N4O2/c1-12-15(16(23-21-12)14-5-9-19-10-6-14)17(22)20-11-4-13-2-7-18-8-3-13/h2-3,5-10H,4,11H2,1H3,(H,20,22). The van der Waals surface area contributed by atoms with E-state index in [1.165, 1.54) is 0 Å². The fraction of sp³-hybridized carbons (Fsp3) is 0.176. The molecule has 3 rings (SSSR count). The summed E-state index contributed by atoms with van der Waals surface area (Å²) in [5, 5.41) is 6.83. The topological polar surface area (TPSA) is 80.9 Å². The summed E-state index contributed by atoms with van der Waals surface area (Å²) in [6.45, 7) is 2.29. The van der Waals surface area contributed by atoms with Crippen molar-refractivity contribution in [3.05, 3.63) is 65.9 Å². The van der Waals surface area contributed by atoms with Gasteiger partial charge in [-0.3, -0.25) is 14.8 Å². The first kappa shape index (κ1) is 14.9. The van der Waals surface area contributed by atoms with Crippen LogP contribution >= 0.6 is 0 Å². The number of amides is 1. The smallest absolute Gasteiger partial charge is 0.257 e. The summed E-state index contributed by atoms with van der Waals surface area (Å²) in [5.41, 5.74) is 2.93. The summed E-state index contributed by atoms with van der Waals surface area (Å²) in [6.07, 6.45) is 7.52. The predicted molar refractivity (Wildman–Crippen MR) is 84.7 cm³/mol. The SMILES string of the molecule is Cc1noc(-c2ccncc2)c1C(=O)NCCc1ccncc1. The molecule has 0 fully saturated rings. The van der Waals surface area contributed by atoms with Gasteiger partial charge in [0.1, 0.15) is 5.56 Å². The van der Waals surface area contributed by atoms with E-state index in [4.69, 9.17) is 4.52 Å². The Morgan fingerprint density at radius 2 is 1.74 bits per heavy atom. The Morgan fingerprint density at radius 3 is 2.43 bits per heavy atom. The molecule has 6 nitrogen and oxygen atoms in total. The zero-order valence-corrected chi connectivity index (χ0v) is 12.7. The minimum atomic E-state index is -0.190. The molecule has 0 saturated carbocycles. The summed E-state index contributed by atoms with van der Waals surface area (Å²) in [7, 11) is 0. The Balaban J connectivity index is 1.71. The first-order chi connectivity index (χ1) is 11.3. The molecule has 0 radical (unpaired) electrons. The molecule has 1 amide bonds. The maximum absolute atomic E-state index is 12.5. The van der Waals surface area contributed by atoms with Crippen LogP contribution in [0.3, 0.4) is 0 Å². The van der Waals surface area contributed by atoms with E-state index < -0.39 is 0 Å². The van der Waals surface area contributed by atoms with Crippen LogP contribution in [0.5, 0.6) is 0 Å². The lowest BCUT2D eigenvalue weighted by Gasteiger charge is -2.06. The van der Waals surface area contributed by atoms with Gasteiger partial charge in [-0.25, -0.2) is 0 Å². The normalized spacial score (nSPS) is 10.5. The van der Waals surface area contributed by atoms with E-state index in [0.29, 0.717) is 23.6 Å². The van der Waals surface area contributed by atoms with Crippen LogP contribution in [-0.2, 0) is 6.42 Å². The van der Waals surface area contributed by atoms with E-state index >= 15 is 0 Å². The van der Waals surface area contributed by atoms with E-state index in [1.807, 2.05) is 12.1 Å². The average Bonchev–Trinajstić information content (AvgIpc) is 2.98. The van der Waals surface area contributed by atoms with Crippen LogP contribution in [0.2, 0.25) is 0 Å². The van der Waals surface area contributed by atoms with Crippen LogP contribution < -0.4 is 5.32 Å². The number of pyridine rings is 2. The number of nitrogens with one attached hydrogen (secondary N) is 1. The molecule has 3 aromatic heterocycles. The van der Waals surface area contributed by atoms with Gasteiger partial charge < -0.3 is 9.84 Å². The van der Waals surface area contributed by atoms with Gasteiger partial charge in [-0.15, -0.1) is 0 Å². The molecule has 0 aromatic carbocycles. The zero-order valence-electron chi connectivity index (χ0n) is 12.7. The second-order valence-electron chi connectivity index (χ2n) is 5.07. The number of rotatable bonds is 5. The van der Waals surface area contributed by atoms with Crippen molar-refractivity contribution in [1.82, 2.24) is 20.4 Å². The van der Waals surface area contributed by atoms with Gasteiger partial charge in [-0.1, -0.05) is 5.16 Å². The van der Waals surface area contributed by atoms with E-state index in [1.54, 1.807) is 43.8 Å². The molecule has 0 saturated heterocycles. The molecule has 0 unspecified atom stereocenters. The second-order valence-corrected chi connectivity index (χ2v) is 5.07. The second kappa shape index (κ2) is 6.83. The number of carbonyl (C=O) groups excluding carboxylic acids is 1. The highest BCUT2D eigenvalue weighted by Gasteiger charge is 2.21. The van der Waals surface area contributed by atoms with E-state index in [0.717, 1.165) is 17.5 Å². The van der Waals surface area contributed by atoms with Gasteiger partial charge >= 0.3 is 0 Å². The molecular formula is C17H16N4O2. The largest absolute Gasteiger partial charge is 0.355 e. The van der Waals surface area contributed by atoms with Gasteiger partial charge in [-0.05, 0) is 43.2 Å². The molecule has 3 aromatic rings. The van der Waals surface area contributed by atoms with E-state index in [9.17, 15) is 4.79 Å². The van der Waals surface area contributed by atoms with Gasteiger partial charge in [0.25, 0.3) is 5.91 Å². The van der Waals surface area contributed by atoms with E-state index in [2.05, 4.69) is 20.4 Å². The number of aromatic nitrogens is 3. The predicted octanol–water partition coefficient (Wildman–Crippen LogP) is 2.41. The van der Waals surface area contributed by atoms with Crippen LogP contribution in [0.25, 0.3) is 11.3 Å². The summed E-state index contributed by atoms with van der Waals surface area (Å²) >= 11 is 0. The molecule has 23 heavy (non-hydrogen) atoms. The third-order valence-corrected chi connectivity index (χ3v) is 3.48. The van der Waals surface area contributed by atoms with Gasteiger partial charge in [0.05, 0.1) is 5.69 Å². The van der Waals surface area contributed by atoms with Gasteiger partial charge in [0.15, 0.2) is 5.76 Å². The minimum absolute atomic E-state index is 0.190. The third-order valence-electron chi connectivity index (χ3n) is 3.48. The minimum Gasteiger partial charge on any atom is -0.355 e. The lowest BCUT2D eigenvalue weighted by atomic mass is 10.1. The molecule has 1 N–H and O–H groups in total. The van der Waals surface area contributed by atoms with Crippen molar-refractivity contribution in [2.75, 3.05) is 6.54 Å². The lowest BCUT2D eigenvalue weighted by molar-refractivity contribution is 0.0954. The van der Waals surface area contributed by atoms with Crippen molar-refractivity contribution in [2.24, 2.45) is 0 Å². The van der Waals surface area contributed by atoms with Gasteiger partial charge in [0, 0.05) is 36.9 Å². The number of hydrogen-bond acceptors (Lipinski definition) is 5. The van der Waals surface area contributed by atoms with Crippen molar-refractivity contribution in [3.8, 4) is 11.3 Å². The molecule has 0 aliphatic heterocycles. The summed E-state index contributed by atoms with van der Waals surface area (Å²) in [4.78, 5) is 20.4. The molecule has 0 bridgehead atoms. The van der Waals surface area contributed by atoms with Crippen molar-refractivity contribution >= 4 is 5.91 Å².